The molecule has 0 rings (SSSR count). The van der Waals surface area contributed by atoms with E-state index in [0.29, 0.717) is 0 Å². The molecule has 0 aliphatic heterocycles. The summed E-state index contributed by atoms with van der Waals surface area (Å²) in [5.41, 5.74) is 0. The second-order valence-corrected chi connectivity index (χ2v) is 0. The summed E-state index contributed by atoms with van der Waals surface area (Å²) in [7, 11) is 0. The molecule has 0 saturated heterocycles. The number of nitrogens with zero attached hydrogens (tertiary/aromatic N) is 1. The molecule has 0 N–H and O–H groups in total. The van der Waals surface area contributed by atoms with Gasteiger partial charge in [-0.25, -0.2) is 0 Å². The average Bonchev–Trinajstić information content (AvgIpc) is 1.00. The quantitative estimate of drug-likeness (QED) is 0.245. The molecule has 0 aliphatic carbocycles. The van der Waals surface area contributed by atoms with Crippen LogP contribution in [-0.4, -0.2) is 0 Å². The van der Waals surface area contributed by atoms with Crippen molar-refractivity contribution in [2.45, 2.75) is 0 Å². The third kappa shape index (κ3) is 11.2. The monoisotopic (exact) mass is 113 g/mol. The van der Waals surface area contributed by atoms with E-state index in [4.69, 9.17) is 11.8 Å². The molecule has 0 aromatic carbocycles. The van der Waals surface area contributed by atoms with Crippen LogP contribution in [0.25, 0.3) is 0 Å². The van der Waals surface area contributed by atoms with E-state index in [9.17, 15) is 0 Å². The maximum atomic E-state index is 6.25. The first-order chi connectivity index (χ1) is 1.00. The van der Waals surface area contributed by atoms with Crippen LogP contribution < -0.4 is 29.6 Å². The molecule has 0 atom stereocenters. The zero-order chi connectivity index (χ0) is 2.00. The van der Waals surface area contributed by atoms with Gasteiger partial charge in [-0.1, -0.05) is 0 Å². The van der Waals surface area contributed by atoms with Crippen molar-refractivity contribution in [3.63, 3.8) is 0 Å². The van der Waals surface area contributed by atoms with Crippen LogP contribution >= 0.6 is 0 Å². The Morgan fingerprint density at radius 1 is 1.25 bits per heavy atom. The first-order valence-corrected chi connectivity index (χ1v) is 0.224. The van der Waals surface area contributed by atoms with Gasteiger partial charge in [0.2, 0.25) is 0 Å². The number of rotatable bonds is 0. The molecule has 0 amide bonds. The van der Waals surface area contributed by atoms with Crippen LogP contribution in [0.5, 0.6) is 0 Å². The molecule has 3 heteroatoms. The van der Waals surface area contributed by atoms with Crippen LogP contribution in [-0.2, 0) is 19.5 Å². The van der Waals surface area contributed by atoms with E-state index in [1.807, 2.05) is 0 Å². The number of hydrogen-bond donors (Lipinski definition) is 0. The smallest absolute Gasteiger partial charge is 0.512 e. The molecule has 0 spiro atoms. The predicted molar refractivity (Wildman–Crippen MR) is 4.97 cm³/mol. The summed E-state index contributed by atoms with van der Waals surface area (Å²) in [5.74, 6) is 0. The van der Waals surface area contributed by atoms with Crippen molar-refractivity contribution in [1.29, 1.82) is 5.26 Å². The van der Waals surface area contributed by atoms with E-state index in [1.54, 1.807) is 0 Å². The van der Waals surface area contributed by atoms with Gasteiger partial charge in [-0.3, -0.25) is 0 Å². The Morgan fingerprint density at radius 3 is 1.25 bits per heavy atom. The van der Waals surface area contributed by atoms with Gasteiger partial charge in [-0.15, -0.1) is 0 Å². The molecular formula is CNNaZn+2. The van der Waals surface area contributed by atoms with Gasteiger partial charge in [0, 0.05) is 0 Å². The summed E-state index contributed by atoms with van der Waals surface area (Å²) in [6, 6.07) is 0. The summed E-state index contributed by atoms with van der Waals surface area (Å²) < 4.78 is 0. The van der Waals surface area contributed by atoms with Gasteiger partial charge >= 0.3 is 49.0 Å². The molecule has 4 heavy (non-hydrogen) atoms. The van der Waals surface area contributed by atoms with Crippen molar-refractivity contribution < 1.29 is 49.0 Å². The minimum atomic E-state index is 0. The standard InChI is InChI=1S/CN.Na.Zn/c1-2;;/q-1;+1;+2. The molecule has 1 nitrogen and oxygen atoms in total. The summed E-state index contributed by atoms with van der Waals surface area (Å²) in [4.78, 5) is 0. The second kappa shape index (κ2) is 32.2. The summed E-state index contributed by atoms with van der Waals surface area (Å²) in [5, 5.41) is 6.25. The van der Waals surface area contributed by atoms with Crippen LogP contribution in [0.4, 0.5) is 0 Å². The van der Waals surface area contributed by atoms with E-state index in [1.165, 1.54) is 0 Å². The Bertz CT molecular complexity index is 12.8. The zero-order valence-corrected chi connectivity index (χ0v) is 7.62. The van der Waals surface area contributed by atoms with E-state index in [-0.39, 0.29) is 49.0 Å². The van der Waals surface area contributed by atoms with E-state index < -0.39 is 0 Å². The SMILES string of the molecule is [C-]#N.[Na+].[Zn+2]. The minimum absolute atomic E-state index is 0. The third-order valence-electron chi connectivity index (χ3n) is 0. The Hall–Kier alpha value is 1.11. The molecule has 0 fully saturated rings. The van der Waals surface area contributed by atoms with Crippen molar-refractivity contribution >= 4 is 0 Å². The van der Waals surface area contributed by atoms with Gasteiger partial charge in [0.25, 0.3) is 0 Å². The Balaban J connectivity index is -0.00000000500. The first kappa shape index (κ1) is 19.4. The van der Waals surface area contributed by atoms with Crippen molar-refractivity contribution in [3.8, 4) is 0 Å². The van der Waals surface area contributed by atoms with Crippen molar-refractivity contribution in [2.24, 2.45) is 0 Å². The summed E-state index contributed by atoms with van der Waals surface area (Å²) in [6.07, 6.45) is 0. The molecule has 0 unspecified atom stereocenters. The Morgan fingerprint density at radius 2 is 1.25 bits per heavy atom. The maximum absolute atomic E-state index is 6.25. The normalized spacial score (nSPS) is 0.500. The van der Waals surface area contributed by atoms with E-state index in [0.717, 1.165) is 0 Å². The van der Waals surface area contributed by atoms with E-state index >= 15 is 0 Å². The molecule has 0 aromatic heterocycles. The molecule has 10 valence electrons. The van der Waals surface area contributed by atoms with E-state index in [2.05, 4.69) is 0 Å². The fourth-order valence-corrected chi connectivity index (χ4v) is 0. The van der Waals surface area contributed by atoms with Crippen LogP contribution in [0.2, 0.25) is 0 Å². The van der Waals surface area contributed by atoms with Crippen LogP contribution in [0.3, 0.4) is 0 Å². The Kier molecular flexibility index (Phi) is 156. The molecule has 0 radical (unpaired) electrons. The van der Waals surface area contributed by atoms with Gasteiger partial charge in [0.1, 0.15) is 0 Å². The Labute approximate surface area is 60.4 Å². The van der Waals surface area contributed by atoms with Crippen molar-refractivity contribution in [3.05, 3.63) is 6.57 Å². The van der Waals surface area contributed by atoms with Crippen LogP contribution in [0, 0.1) is 11.8 Å². The van der Waals surface area contributed by atoms with Crippen LogP contribution in [0.15, 0.2) is 0 Å². The molecule has 0 aliphatic rings. The fraction of sp³-hybridized carbons (Fsp3) is 0. The van der Waals surface area contributed by atoms with Gasteiger partial charge < -0.3 is 11.8 Å². The molecule has 0 bridgehead atoms. The maximum Gasteiger partial charge on any atom is 2.00 e. The molecule has 0 saturated carbocycles. The van der Waals surface area contributed by atoms with Gasteiger partial charge in [-0.05, 0) is 0 Å². The molecular weight excluding hydrogens is 114 g/mol. The minimum Gasteiger partial charge on any atom is -0.512 e. The summed E-state index contributed by atoms with van der Waals surface area (Å²) >= 11 is 0. The van der Waals surface area contributed by atoms with Crippen molar-refractivity contribution in [1.82, 2.24) is 0 Å². The topological polar surface area (TPSA) is 23.8 Å². The van der Waals surface area contributed by atoms with Crippen molar-refractivity contribution in [2.75, 3.05) is 0 Å². The first-order valence-electron chi connectivity index (χ1n) is 0.224. The largest absolute Gasteiger partial charge is 2.00 e. The van der Waals surface area contributed by atoms with Gasteiger partial charge in [-0.2, -0.15) is 0 Å². The van der Waals surface area contributed by atoms with Gasteiger partial charge in [0.15, 0.2) is 0 Å². The fourth-order valence-electron chi connectivity index (χ4n) is 0. The van der Waals surface area contributed by atoms with Crippen LogP contribution in [0.1, 0.15) is 0 Å². The predicted octanol–water partition coefficient (Wildman–Crippen LogP) is -2.90. The number of hydrogen-bond acceptors (Lipinski definition) is 1. The zero-order valence-electron chi connectivity index (χ0n) is 2.65. The summed E-state index contributed by atoms with van der Waals surface area (Å²) in [6.45, 7) is 4.75. The average molecular weight is 114 g/mol. The second-order valence-electron chi connectivity index (χ2n) is 0. The molecule has 0 aromatic rings. The molecule has 0 heterocycles. The third-order valence-corrected chi connectivity index (χ3v) is 0. The van der Waals surface area contributed by atoms with Gasteiger partial charge in [0.05, 0.1) is 0 Å².